The number of unbranched alkanes of at least 4 members (excludes halogenated alkanes) is 33. The highest BCUT2D eigenvalue weighted by atomic mass is 16.6. The van der Waals surface area contributed by atoms with Crippen LogP contribution < -0.4 is 0 Å². The third-order valence-corrected chi connectivity index (χ3v) is 12.9. The largest absolute Gasteiger partial charge is 0.465 e. The molecule has 0 radical (unpaired) electrons. The van der Waals surface area contributed by atoms with Crippen molar-refractivity contribution in [2.75, 3.05) is 26.4 Å². The predicted octanol–water partition coefficient (Wildman–Crippen LogP) is 17.7. The van der Waals surface area contributed by atoms with Crippen molar-refractivity contribution in [1.29, 1.82) is 0 Å². The lowest BCUT2D eigenvalue weighted by molar-refractivity contribution is -0.165. The summed E-state index contributed by atoms with van der Waals surface area (Å²) in [6.07, 6.45) is 61.1. The summed E-state index contributed by atoms with van der Waals surface area (Å²) in [6.45, 7) is 5.82. The van der Waals surface area contributed by atoms with Crippen molar-refractivity contribution in [2.24, 2.45) is 5.41 Å². The van der Waals surface area contributed by atoms with Crippen LogP contribution >= 0.6 is 0 Å². The molecule has 1 N–H and O–H groups in total. The number of rotatable bonds is 52. The molecule has 0 rings (SSSR count). The zero-order valence-electron chi connectivity index (χ0n) is 43.9. The second kappa shape index (κ2) is 52.0. The lowest BCUT2D eigenvalue weighted by Crippen LogP contribution is -2.42. The Bertz CT molecular complexity index is 1010. The van der Waals surface area contributed by atoms with Gasteiger partial charge in [-0.2, -0.15) is 0 Å². The van der Waals surface area contributed by atoms with E-state index in [9.17, 15) is 19.5 Å². The number of aliphatic hydroxyl groups is 1. The molecular weight excluding hydrogens is 821 g/mol. The van der Waals surface area contributed by atoms with Crippen molar-refractivity contribution in [2.45, 2.75) is 290 Å². The van der Waals surface area contributed by atoms with Crippen LogP contribution in [0.25, 0.3) is 0 Å². The molecule has 0 fully saturated rings. The first-order valence-electron chi connectivity index (χ1n) is 28.5. The zero-order chi connectivity index (χ0) is 48.1. The summed E-state index contributed by atoms with van der Waals surface area (Å²) in [5.41, 5.74) is -1.20. The average molecular weight is 930 g/mol. The molecular formula is C59H108O7. The van der Waals surface area contributed by atoms with E-state index in [1.807, 2.05) is 0 Å². The minimum absolute atomic E-state index is 0.172. The first-order chi connectivity index (χ1) is 32.4. The first-order valence-corrected chi connectivity index (χ1v) is 28.5. The van der Waals surface area contributed by atoms with E-state index in [4.69, 9.17) is 14.2 Å². The SMILES string of the molecule is CCCCCCCC/C=C\CCCCCCCC(=O)OCC(CO)(COC(=O)CCCCCCC/C=C/CCCCCCCC)COC(=O)CCCCCCC/C=C/CCCCCCCC. The van der Waals surface area contributed by atoms with Gasteiger partial charge in [0.15, 0.2) is 0 Å². The minimum Gasteiger partial charge on any atom is -0.465 e. The Labute approximate surface area is 408 Å². The summed E-state index contributed by atoms with van der Waals surface area (Å²) in [7, 11) is 0. The quantitative estimate of drug-likeness (QED) is 0.0281. The van der Waals surface area contributed by atoms with E-state index in [0.29, 0.717) is 19.3 Å². The fraction of sp³-hybridized carbons (Fsp3) is 0.847. The molecule has 0 aliphatic rings. The fourth-order valence-corrected chi connectivity index (χ4v) is 8.20. The highest BCUT2D eigenvalue weighted by molar-refractivity contribution is 5.70. The van der Waals surface area contributed by atoms with Crippen molar-refractivity contribution >= 4 is 17.9 Å². The van der Waals surface area contributed by atoms with E-state index < -0.39 is 12.0 Å². The van der Waals surface area contributed by atoms with Gasteiger partial charge < -0.3 is 19.3 Å². The summed E-state index contributed by atoms with van der Waals surface area (Å²) in [5, 5.41) is 10.6. The second-order valence-corrected chi connectivity index (χ2v) is 19.6. The van der Waals surface area contributed by atoms with Crippen molar-refractivity contribution < 1.29 is 33.7 Å². The van der Waals surface area contributed by atoms with Crippen LogP contribution in [-0.4, -0.2) is 49.4 Å². The van der Waals surface area contributed by atoms with Gasteiger partial charge in [0.2, 0.25) is 0 Å². The third-order valence-electron chi connectivity index (χ3n) is 12.9. The van der Waals surface area contributed by atoms with Gasteiger partial charge in [-0.15, -0.1) is 0 Å². The molecule has 0 bridgehead atoms. The topological polar surface area (TPSA) is 99.1 Å². The summed E-state index contributed by atoms with van der Waals surface area (Å²) < 4.78 is 17.0. The number of aliphatic hydroxyl groups excluding tert-OH is 1. The number of carbonyl (C=O) groups is 3. The summed E-state index contributed by atoms with van der Waals surface area (Å²) in [4.78, 5) is 38.4. The molecule has 0 saturated heterocycles. The van der Waals surface area contributed by atoms with E-state index in [0.717, 1.165) is 96.3 Å². The van der Waals surface area contributed by atoms with E-state index in [1.165, 1.54) is 154 Å². The zero-order valence-corrected chi connectivity index (χ0v) is 43.9. The van der Waals surface area contributed by atoms with Gasteiger partial charge in [0.05, 0.1) is 12.0 Å². The molecule has 0 aromatic rings. The number of hydrogen-bond acceptors (Lipinski definition) is 7. The van der Waals surface area contributed by atoms with Crippen LogP contribution in [0.2, 0.25) is 0 Å². The van der Waals surface area contributed by atoms with E-state index in [1.54, 1.807) is 0 Å². The minimum atomic E-state index is -1.20. The molecule has 0 aliphatic heterocycles. The lowest BCUT2D eigenvalue weighted by Gasteiger charge is -2.30. The van der Waals surface area contributed by atoms with Gasteiger partial charge in [-0.25, -0.2) is 0 Å². The molecule has 0 aliphatic carbocycles. The molecule has 0 saturated carbocycles. The Balaban J connectivity index is 4.62. The van der Waals surface area contributed by atoms with Crippen LogP contribution in [0.3, 0.4) is 0 Å². The summed E-state index contributed by atoms with van der Waals surface area (Å²) >= 11 is 0. The molecule has 0 heterocycles. The first kappa shape index (κ1) is 63.6. The summed E-state index contributed by atoms with van der Waals surface area (Å²) in [6, 6.07) is 0. The standard InChI is InChI=1S/C59H108O7/c1-4-7-10-13-16-19-22-25-28-31-34-37-40-43-46-49-56(61)64-53-59(52-60,54-65-57(62)50-47-44-41-38-35-32-29-26-23-20-17-14-11-8-5-2)55-66-58(63)51-48-45-42-39-36-33-30-27-24-21-18-15-12-9-6-3/h25-30,60H,4-24,31-55H2,1-3H3/b28-25-,29-26+,30-27+. The van der Waals surface area contributed by atoms with Crippen LogP contribution in [0.1, 0.15) is 290 Å². The van der Waals surface area contributed by atoms with Crippen molar-refractivity contribution in [3.05, 3.63) is 36.5 Å². The Morgan fingerprint density at radius 2 is 0.515 bits per heavy atom. The lowest BCUT2D eigenvalue weighted by atomic mass is 9.92. The van der Waals surface area contributed by atoms with Gasteiger partial charge in [-0.1, -0.05) is 211 Å². The highest BCUT2D eigenvalue weighted by Gasteiger charge is 2.35. The number of carbonyl (C=O) groups excluding carboxylic acids is 3. The molecule has 0 unspecified atom stereocenters. The molecule has 0 spiro atoms. The highest BCUT2D eigenvalue weighted by Crippen LogP contribution is 2.22. The van der Waals surface area contributed by atoms with E-state index in [-0.39, 0.29) is 37.7 Å². The van der Waals surface area contributed by atoms with Gasteiger partial charge in [0.1, 0.15) is 19.8 Å². The number of ether oxygens (including phenoxy) is 3. The van der Waals surface area contributed by atoms with Gasteiger partial charge in [0, 0.05) is 19.3 Å². The van der Waals surface area contributed by atoms with Crippen LogP contribution in [0, 0.1) is 5.41 Å². The molecule has 0 amide bonds. The van der Waals surface area contributed by atoms with Gasteiger partial charge >= 0.3 is 17.9 Å². The molecule has 7 heteroatoms. The van der Waals surface area contributed by atoms with Crippen molar-refractivity contribution in [1.82, 2.24) is 0 Å². The maximum atomic E-state index is 12.8. The second-order valence-electron chi connectivity index (χ2n) is 19.6. The third kappa shape index (κ3) is 46.7. The van der Waals surface area contributed by atoms with Crippen molar-refractivity contribution in [3.63, 3.8) is 0 Å². The molecule has 7 nitrogen and oxygen atoms in total. The normalized spacial score (nSPS) is 12.0. The smallest absolute Gasteiger partial charge is 0.305 e. The Morgan fingerprint density at radius 3 is 0.727 bits per heavy atom. The maximum Gasteiger partial charge on any atom is 0.305 e. The molecule has 0 atom stereocenters. The van der Waals surface area contributed by atoms with E-state index in [2.05, 4.69) is 57.2 Å². The molecule has 0 aromatic heterocycles. The van der Waals surface area contributed by atoms with Gasteiger partial charge in [-0.05, 0) is 96.3 Å². The van der Waals surface area contributed by atoms with E-state index >= 15 is 0 Å². The monoisotopic (exact) mass is 929 g/mol. The van der Waals surface area contributed by atoms with Crippen LogP contribution in [-0.2, 0) is 28.6 Å². The number of esters is 3. The van der Waals surface area contributed by atoms with Crippen LogP contribution in [0.5, 0.6) is 0 Å². The van der Waals surface area contributed by atoms with Crippen LogP contribution in [0.4, 0.5) is 0 Å². The average Bonchev–Trinajstić information content (AvgIpc) is 3.32. The van der Waals surface area contributed by atoms with Crippen molar-refractivity contribution in [3.8, 4) is 0 Å². The Kier molecular flexibility index (Phi) is 50.1. The number of hydrogen-bond donors (Lipinski definition) is 1. The van der Waals surface area contributed by atoms with Crippen LogP contribution in [0.15, 0.2) is 36.5 Å². The Morgan fingerprint density at radius 1 is 0.318 bits per heavy atom. The van der Waals surface area contributed by atoms with Gasteiger partial charge in [-0.3, -0.25) is 14.4 Å². The summed E-state index contributed by atoms with van der Waals surface area (Å²) in [5.74, 6) is -1.03. The van der Waals surface area contributed by atoms with Gasteiger partial charge in [0.25, 0.3) is 0 Å². The Hall–Kier alpha value is -2.41. The molecule has 66 heavy (non-hydrogen) atoms. The predicted molar refractivity (Wildman–Crippen MR) is 281 cm³/mol. The molecule has 0 aromatic carbocycles. The molecule has 386 valence electrons. The maximum absolute atomic E-state index is 12.8. The fourth-order valence-electron chi connectivity index (χ4n) is 8.20. The number of allylic oxidation sites excluding steroid dienone is 6.